The Kier molecular flexibility index (Phi) is 3.52. The summed E-state index contributed by atoms with van der Waals surface area (Å²) in [6, 6.07) is 0. The molecule has 0 aromatic carbocycles. The molecule has 13 heavy (non-hydrogen) atoms. The molecule has 1 heterocycles. The van der Waals surface area contributed by atoms with Crippen molar-refractivity contribution in [2.45, 2.75) is 0 Å². The molecule has 0 bridgehead atoms. The van der Waals surface area contributed by atoms with Gasteiger partial charge in [-0.25, -0.2) is 4.99 Å². The van der Waals surface area contributed by atoms with E-state index in [9.17, 15) is 0 Å². The lowest BCUT2D eigenvalue weighted by molar-refractivity contribution is 0.0549. The molecule has 2 N–H and O–H groups in total. The van der Waals surface area contributed by atoms with E-state index in [2.05, 4.69) is 23.2 Å². The van der Waals surface area contributed by atoms with Crippen LogP contribution >= 0.6 is 0 Å². The van der Waals surface area contributed by atoms with E-state index in [0.29, 0.717) is 5.82 Å². The van der Waals surface area contributed by atoms with Crippen molar-refractivity contribution in [1.29, 1.82) is 0 Å². The normalized spacial score (nSPS) is 19.2. The molecule has 0 aromatic heterocycles. The second-order valence-corrected chi connectivity index (χ2v) is 2.73. The van der Waals surface area contributed by atoms with Crippen LogP contribution in [-0.4, -0.2) is 37.9 Å². The van der Waals surface area contributed by atoms with Crippen LogP contribution in [-0.2, 0) is 4.74 Å². The highest BCUT2D eigenvalue weighted by atomic mass is 16.5. The van der Waals surface area contributed by atoms with Crippen LogP contribution in [0, 0.1) is 0 Å². The molecule has 0 atom stereocenters. The van der Waals surface area contributed by atoms with Gasteiger partial charge in [-0.05, 0) is 12.8 Å². The van der Waals surface area contributed by atoms with E-state index in [-0.39, 0.29) is 0 Å². The van der Waals surface area contributed by atoms with Crippen LogP contribution in [0.25, 0.3) is 0 Å². The molecule has 0 spiro atoms. The van der Waals surface area contributed by atoms with Gasteiger partial charge in [-0.1, -0.05) is 6.58 Å². The average molecular weight is 181 g/mol. The van der Waals surface area contributed by atoms with Gasteiger partial charge in [-0.3, -0.25) is 0 Å². The predicted octanol–water partition coefficient (Wildman–Crippen LogP) is 0.333. The van der Waals surface area contributed by atoms with E-state index in [1.54, 1.807) is 6.08 Å². The molecule has 72 valence electrons. The van der Waals surface area contributed by atoms with E-state index < -0.39 is 0 Å². The second kappa shape index (κ2) is 4.67. The smallest absolute Gasteiger partial charge is 0.146 e. The van der Waals surface area contributed by atoms with Crippen molar-refractivity contribution in [2.24, 2.45) is 10.7 Å². The number of allylic oxidation sites excluding steroid dienone is 1. The summed E-state index contributed by atoms with van der Waals surface area (Å²) < 4.78 is 5.22. The summed E-state index contributed by atoms with van der Waals surface area (Å²) >= 11 is 0. The summed E-state index contributed by atoms with van der Waals surface area (Å²) in [7, 11) is 0. The van der Waals surface area contributed by atoms with Gasteiger partial charge in [-0.2, -0.15) is 0 Å². The molecule has 1 aliphatic rings. The zero-order valence-electron chi connectivity index (χ0n) is 7.70. The first-order valence-electron chi connectivity index (χ1n) is 4.21. The average Bonchev–Trinajstić information content (AvgIpc) is 2.20. The van der Waals surface area contributed by atoms with Gasteiger partial charge in [0.05, 0.1) is 18.9 Å². The Morgan fingerprint density at radius 1 is 1.46 bits per heavy atom. The zero-order valence-corrected chi connectivity index (χ0v) is 7.70. The zero-order chi connectivity index (χ0) is 9.68. The van der Waals surface area contributed by atoms with Gasteiger partial charge in [-0.15, -0.1) is 0 Å². The molecule has 1 aliphatic heterocycles. The third kappa shape index (κ3) is 2.32. The number of morpholine rings is 1. The van der Waals surface area contributed by atoms with Crippen molar-refractivity contribution in [3.05, 3.63) is 24.2 Å². The summed E-state index contributed by atoms with van der Waals surface area (Å²) in [6.07, 6.45) is 1.70. The van der Waals surface area contributed by atoms with Gasteiger partial charge in [0.15, 0.2) is 0 Å². The molecular formula is C9H15N3O. The Labute approximate surface area is 78.4 Å². The highest BCUT2D eigenvalue weighted by Crippen LogP contribution is 2.11. The standard InChI is InChI=1S/C9H15N3O/c1-3-8(9(10)11-2)12-4-6-13-7-5-12/h3H,1-2,4-7,10H2/b9-8+. The maximum absolute atomic E-state index is 5.66. The topological polar surface area (TPSA) is 50.8 Å². The Morgan fingerprint density at radius 3 is 2.54 bits per heavy atom. The lowest BCUT2D eigenvalue weighted by Gasteiger charge is -2.29. The highest BCUT2D eigenvalue weighted by Gasteiger charge is 2.13. The van der Waals surface area contributed by atoms with Gasteiger partial charge in [0.1, 0.15) is 5.82 Å². The molecule has 1 saturated heterocycles. The predicted molar refractivity (Wildman–Crippen MR) is 53.4 cm³/mol. The van der Waals surface area contributed by atoms with Gasteiger partial charge in [0.25, 0.3) is 0 Å². The molecule has 0 radical (unpaired) electrons. The van der Waals surface area contributed by atoms with Crippen molar-refractivity contribution in [1.82, 2.24) is 4.90 Å². The van der Waals surface area contributed by atoms with E-state index in [1.165, 1.54) is 0 Å². The van der Waals surface area contributed by atoms with Crippen LogP contribution < -0.4 is 5.73 Å². The van der Waals surface area contributed by atoms with Gasteiger partial charge in [0.2, 0.25) is 0 Å². The third-order valence-electron chi connectivity index (χ3n) is 1.98. The van der Waals surface area contributed by atoms with Crippen molar-refractivity contribution >= 4 is 6.72 Å². The summed E-state index contributed by atoms with van der Waals surface area (Å²) in [5.74, 6) is 0.428. The fourth-order valence-electron chi connectivity index (χ4n) is 1.28. The van der Waals surface area contributed by atoms with Gasteiger partial charge in [0, 0.05) is 13.1 Å². The first kappa shape index (κ1) is 9.80. The molecule has 0 amide bonds. The summed E-state index contributed by atoms with van der Waals surface area (Å²) in [5, 5.41) is 0. The quantitative estimate of drug-likeness (QED) is 0.504. The lowest BCUT2D eigenvalue weighted by Crippen LogP contribution is -2.36. The maximum atomic E-state index is 5.66. The third-order valence-corrected chi connectivity index (χ3v) is 1.98. The van der Waals surface area contributed by atoms with E-state index in [4.69, 9.17) is 10.5 Å². The van der Waals surface area contributed by atoms with Crippen LogP contribution in [0.1, 0.15) is 0 Å². The Bertz CT molecular complexity index is 229. The fourth-order valence-corrected chi connectivity index (χ4v) is 1.28. The maximum Gasteiger partial charge on any atom is 0.146 e. The van der Waals surface area contributed by atoms with Crippen molar-refractivity contribution < 1.29 is 4.74 Å². The van der Waals surface area contributed by atoms with Crippen molar-refractivity contribution in [3.63, 3.8) is 0 Å². The highest BCUT2D eigenvalue weighted by molar-refractivity contribution is 5.32. The molecule has 0 aromatic rings. The number of nitrogens with zero attached hydrogens (tertiary/aromatic N) is 2. The summed E-state index contributed by atoms with van der Waals surface area (Å²) in [4.78, 5) is 5.79. The SMILES string of the molecule is C=C/C(=C(/N)N=C)N1CCOCC1. The van der Waals surface area contributed by atoms with Crippen LogP contribution in [0.15, 0.2) is 29.2 Å². The van der Waals surface area contributed by atoms with Gasteiger partial charge < -0.3 is 15.4 Å². The number of hydrogen-bond acceptors (Lipinski definition) is 4. The molecule has 0 unspecified atom stereocenters. The first-order valence-corrected chi connectivity index (χ1v) is 4.21. The minimum atomic E-state index is 0.428. The van der Waals surface area contributed by atoms with E-state index in [0.717, 1.165) is 32.0 Å². The Hall–Kier alpha value is -1.29. The number of rotatable bonds is 3. The second-order valence-electron chi connectivity index (χ2n) is 2.73. The first-order chi connectivity index (χ1) is 6.29. The molecule has 1 fully saturated rings. The summed E-state index contributed by atoms with van der Waals surface area (Å²) in [6.45, 7) is 10.2. The number of aliphatic imine (C=N–C) groups is 1. The molecular weight excluding hydrogens is 166 g/mol. The molecule has 4 nitrogen and oxygen atoms in total. The monoisotopic (exact) mass is 181 g/mol. The van der Waals surface area contributed by atoms with Crippen molar-refractivity contribution in [2.75, 3.05) is 26.3 Å². The van der Waals surface area contributed by atoms with Crippen LogP contribution in [0.3, 0.4) is 0 Å². The fraction of sp³-hybridized carbons (Fsp3) is 0.444. The number of hydrogen-bond donors (Lipinski definition) is 1. The van der Waals surface area contributed by atoms with E-state index in [1.807, 2.05) is 0 Å². The van der Waals surface area contributed by atoms with Crippen LogP contribution in [0.2, 0.25) is 0 Å². The van der Waals surface area contributed by atoms with E-state index >= 15 is 0 Å². The minimum Gasteiger partial charge on any atom is -0.382 e. The van der Waals surface area contributed by atoms with Crippen LogP contribution in [0.4, 0.5) is 0 Å². The molecule has 0 aliphatic carbocycles. The largest absolute Gasteiger partial charge is 0.382 e. The molecule has 0 saturated carbocycles. The minimum absolute atomic E-state index is 0.428. The van der Waals surface area contributed by atoms with Crippen molar-refractivity contribution in [3.8, 4) is 0 Å². The molecule has 4 heteroatoms. The number of ether oxygens (including phenoxy) is 1. The van der Waals surface area contributed by atoms with Gasteiger partial charge >= 0.3 is 0 Å². The van der Waals surface area contributed by atoms with Crippen LogP contribution in [0.5, 0.6) is 0 Å². The Balaban J connectivity index is 2.75. The number of nitrogens with two attached hydrogens (primary N) is 1. The summed E-state index contributed by atoms with van der Waals surface area (Å²) in [5.41, 5.74) is 6.50. The lowest BCUT2D eigenvalue weighted by atomic mass is 10.3. The molecule has 1 rings (SSSR count). The Morgan fingerprint density at radius 2 is 2.08 bits per heavy atom.